The van der Waals surface area contributed by atoms with E-state index in [9.17, 15) is 19.5 Å². The third-order valence-electron chi connectivity index (χ3n) is 5.72. The molecule has 4 N–H and O–H groups in total. The predicted octanol–water partition coefficient (Wildman–Crippen LogP) is 1.94. The molecule has 0 unspecified atom stereocenters. The first kappa shape index (κ1) is 25.0. The first-order chi connectivity index (χ1) is 17.8. The number of thioether (sulfide) groups is 1. The SMILES string of the molecule is CCO/N=C(\C(=O)N[C@@H]1C(=O)N2C(C(=O)O)=C(/C=C/c3sc4cncn4c3C)CS[C@H]12)c1csc(N)n1. The number of nitrogens with one attached hydrogen (secondary N) is 1. The zero-order valence-corrected chi connectivity index (χ0v) is 22.0. The van der Waals surface area contributed by atoms with Crippen molar-refractivity contribution in [2.75, 3.05) is 18.1 Å². The van der Waals surface area contributed by atoms with Gasteiger partial charge < -0.3 is 21.0 Å². The number of β-lactam (4-membered cyclic amide) rings is 1. The van der Waals surface area contributed by atoms with Crippen molar-refractivity contribution < 1.29 is 24.3 Å². The molecule has 5 rings (SSSR count). The van der Waals surface area contributed by atoms with E-state index in [0.29, 0.717) is 11.3 Å². The molecule has 3 aromatic heterocycles. The standard InChI is InChI=1S/C22H21N7O5S3/c1-3-34-27-15(12-8-36-22(23)25-12)18(30)26-16-19(31)29-17(21(32)33)11(7-35-20(16)29)4-5-13-10(2)28-9-24-6-14(28)37-13/h4-6,8-9,16,20H,3,7H2,1-2H3,(H2,23,25)(H,26,30)(H,32,33)/b5-4+,27-15-/t16-,20-/m1/s1. The number of fused-ring (bicyclic) bond motifs is 2. The Morgan fingerprint density at radius 1 is 1.41 bits per heavy atom. The maximum atomic E-state index is 13.0. The lowest BCUT2D eigenvalue weighted by Gasteiger charge is -2.49. The number of hydrogen-bond acceptors (Lipinski definition) is 11. The molecule has 2 aliphatic heterocycles. The Bertz CT molecular complexity index is 1500. The predicted molar refractivity (Wildman–Crippen MR) is 141 cm³/mol. The zero-order valence-electron chi connectivity index (χ0n) is 19.6. The van der Waals surface area contributed by atoms with Crippen LogP contribution >= 0.6 is 34.4 Å². The summed E-state index contributed by atoms with van der Waals surface area (Å²) in [6.07, 6.45) is 7.07. The molecule has 12 nitrogen and oxygen atoms in total. The number of oxime groups is 1. The number of anilines is 1. The van der Waals surface area contributed by atoms with Crippen molar-refractivity contribution in [1.29, 1.82) is 0 Å². The number of rotatable bonds is 8. The number of aliphatic carboxylic acids is 1. The number of carbonyl (C=O) groups excluding carboxylic acids is 2. The molecule has 0 saturated carbocycles. The van der Waals surface area contributed by atoms with Gasteiger partial charge in [0.25, 0.3) is 11.8 Å². The number of allylic oxidation sites excluding steroid dienone is 1. The summed E-state index contributed by atoms with van der Waals surface area (Å²) in [5.41, 5.74) is 7.20. The maximum absolute atomic E-state index is 13.0. The van der Waals surface area contributed by atoms with Crippen LogP contribution in [0.25, 0.3) is 10.9 Å². The normalized spacial score (nSPS) is 19.9. The highest BCUT2D eigenvalue weighted by Gasteiger charge is 2.54. The second-order valence-corrected chi connectivity index (χ2v) is 11.0. The Hall–Kier alpha value is -3.69. The highest BCUT2D eigenvalue weighted by molar-refractivity contribution is 8.00. The first-order valence-electron chi connectivity index (χ1n) is 11.0. The lowest BCUT2D eigenvalue weighted by atomic mass is 10.0. The van der Waals surface area contributed by atoms with E-state index in [1.807, 2.05) is 17.4 Å². The molecule has 192 valence electrons. The van der Waals surface area contributed by atoms with Crippen molar-refractivity contribution in [3.8, 4) is 0 Å². The number of aromatic nitrogens is 3. The van der Waals surface area contributed by atoms with Crippen molar-refractivity contribution >= 4 is 74.0 Å². The highest BCUT2D eigenvalue weighted by atomic mass is 32.2. The van der Waals surface area contributed by atoms with Crippen LogP contribution in [0.1, 0.15) is 23.2 Å². The molecular weight excluding hydrogens is 538 g/mol. The van der Waals surface area contributed by atoms with E-state index in [2.05, 4.69) is 20.4 Å². The van der Waals surface area contributed by atoms with Crippen LogP contribution in [0.3, 0.4) is 0 Å². The Balaban J connectivity index is 1.36. The molecule has 0 spiro atoms. The number of nitrogen functional groups attached to an aromatic ring is 1. The van der Waals surface area contributed by atoms with Gasteiger partial charge >= 0.3 is 5.97 Å². The maximum Gasteiger partial charge on any atom is 0.352 e. The van der Waals surface area contributed by atoms with Gasteiger partial charge in [0.05, 0.1) is 6.20 Å². The summed E-state index contributed by atoms with van der Waals surface area (Å²) in [4.78, 5) is 54.6. The average Bonchev–Trinajstić information content (AvgIpc) is 3.59. The van der Waals surface area contributed by atoms with E-state index in [-0.39, 0.29) is 28.8 Å². The number of nitrogens with two attached hydrogens (primary N) is 1. The van der Waals surface area contributed by atoms with Crippen LogP contribution in [-0.2, 0) is 19.2 Å². The van der Waals surface area contributed by atoms with E-state index < -0.39 is 29.2 Å². The summed E-state index contributed by atoms with van der Waals surface area (Å²) in [7, 11) is 0. The molecular formula is C22H21N7O5S3. The van der Waals surface area contributed by atoms with Crippen LogP contribution < -0.4 is 11.1 Å². The summed E-state index contributed by atoms with van der Waals surface area (Å²) in [5, 5.41) is 17.7. The largest absolute Gasteiger partial charge is 0.477 e. The molecule has 5 heterocycles. The van der Waals surface area contributed by atoms with Crippen molar-refractivity contribution in [1.82, 2.24) is 24.6 Å². The van der Waals surface area contributed by atoms with Gasteiger partial charge in [0.15, 0.2) is 10.8 Å². The Morgan fingerprint density at radius 3 is 2.89 bits per heavy atom. The summed E-state index contributed by atoms with van der Waals surface area (Å²) < 4.78 is 1.96. The Labute approximate surface area is 222 Å². The smallest absolute Gasteiger partial charge is 0.352 e. The molecule has 2 aliphatic rings. The number of nitrogens with zero attached hydrogens (tertiary/aromatic N) is 5. The minimum absolute atomic E-state index is 0.0893. The van der Waals surface area contributed by atoms with Gasteiger partial charge in [-0.25, -0.2) is 14.8 Å². The van der Waals surface area contributed by atoms with Crippen LogP contribution in [0.2, 0.25) is 0 Å². The Morgan fingerprint density at radius 2 is 2.22 bits per heavy atom. The van der Waals surface area contributed by atoms with E-state index in [1.165, 1.54) is 28.0 Å². The number of imidazole rings is 1. The average molecular weight is 560 g/mol. The topological polar surface area (TPSA) is 165 Å². The van der Waals surface area contributed by atoms with Gasteiger partial charge in [0.2, 0.25) is 0 Å². The van der Waals surface area contributed by atoms with Crippen molar-refractivity contribution in [2.45, 2.75) is 25.3 Å². The van der Waals surface area contributed by atoms with Crippen LogP contribution in [0.15, 0.2) is 40.4 Å². The summed E-state index contributed by atoms with van der Waals surface area (Å²) in [6, 6.07) is -0.922. The minimum Gasteiger partial charge on any atom is -0.477 e. The first-order valence-corrected chi connectivity index (χ1v) is 13.8. The molecule has 0 radical (unpaired) electrons. The van der Waals surface area contributed by atoms with Crippen molar-refractivity contribution in [3.05, 3.63) is 51.5 Å². The second-order valence-electron chi connectivity index (χ2n) is 7.96. The number of carboxylic acids is 1. The lowest BCUT2D eigenvalue weighted by molar-refractivity contribution is -0.150. The molecule has 2 amide bonds. The monoisotopic (exact) mass is 559 g/mol. The number of hydrogen-bond donors (Lipinski definition) is 3. The summed E-state index contributed by atoms with van der Waals surface area (Å²) >= 11 is 4.05. The Kier molecular flexibility index (Phi) is 6.74. The lowest BCUT2D eigenvalue weighted by Crippen LogP contribution is -2.71. The zero-order chi connectivity index (χ0) is 26.3. The quantitative estimate of drug-likeness (QED) is 0.212. The number of thiazole rings is 2. The third kappa shape index (κ3) is 4.49. The fraction of sp³-hybridized carbons (Fsp3) is 0.273. The van der Waals surface area contributed by atoms with Gasteiger partial charge in [-0.3, -0.25) is 18.9 Å². The van der Waals surface area contributed by atoms with E-state index in [4.69, 9.17) is 10.6 Å². The molecule has 1 fully saturated rings. The summed E-state index contributed by atoms with van der Waals surface area (Å²) in [6.45, 7) is 3.90. The van der Waals surface area contributed by atoms with Crippen LogP contribution in [0.5, 0.6) is 0 Å². The van der Waals surface area contributed by atoms with Crippen molar-refractivity contribution in [2.24, 2.45) is 5.16 Å². The van der Waals surface area contributed by atoms with Gasteiger partial charge in [-0.05, 0) is 25.5 Å². The van der Waals surface area contributed by atoms with Crippen LogP contribution in [0, 0.1) is 6.92 Å². The molecule has 0 bridgehead atoms. The molecule has 15 heteroatoms. The fourth-order valence-electron chi connectivity index (χ4n) is 3.96. The molecule has 3 aromatic rings. The van der Waals surface area contributed by atoms with Crippen LogP contribution in [-0.4, -0.2) is 71.6 Å². The van der Waals surface area contributed by atoms with E-state index in [1.54, 1.807) is 30.9 Å². The fourth-order valence-corrected chi connectivity index (χ4v) is 6.83. The number of aryl methyl sites for hydroxylation is 1. The van der Waals surface area contributed by atoms with Crippen LogP contribution in [0.4, 0.5) is 5.13 Å². The highest BCUT2D eigenvalue weighted by Crippen LogP contribution is 2.41. The van der Waals surface area contributed by atoms with E-state index >= 15 is 0 Å². The minimum atomic E-state index is -1.21. The third-order valence-corrected chi connectivity index (χ3v) is 8.86. The van der Waals surface area contributed by atoms with Gasteiger partial charge in [-0.2, -0.15) is 0 Å². The number of carboxylic acid groups (broad SMARTS) is 1. The summed E-state index contributed by atoms with van der Waals surface area (Å²) in [5.74, 6) is -2.04. The second kappa shape index (κ2) is 9.99. The van der Waals surface area contributed by atoms with Gasteiger partial charge in [0.1, 0.15) is 40.6 Å². The molecule has 0 aromatic carbocycles. The van der Waals surface area contributed by atoms with Gasteiger partial charge in [0, 0.05) is 21.7 Å². The van der Waals surface area contributed by atoms with Gasteiger partial charge in [-0.15, -0.1) is 34.4 Å². The molecule has 0 aliphatic carbocycles. The molecule has 2 atom stereocenters. The molecule has 1 saturated heterocycles. The number of amides is 2. The van der Waals surface area contributed by atoms with E-state index in [0.717, 1.165) is 26.7 Å². The van der Waals surface area contributed by atoms with Gasteiger partial charge in [-0.1, -0.05) is 11.2 Å². The van der Waals surface area contributed by atoms with Crippen molar-refractivity contribution in [3.63, 3.8) is 0 Å². The molecule has 37 heavy (non-hydrogen) atoms. The number of carbonyl (C=O) groups is 3.